The maximum absolute atomic E-state index is 15.0. The molecular formula is C23H23F4N5O3. The van der Waals surface area contributed by atoms with E-state index in [4.69, 9.17) is 4.74 Å². The van der Waals surface area contributed by atoms with Gasteiger partial charge in [0.1, 0.15) is 17.3 Å². The summed E-state index contributed by atoms with van der Waals surface area (Å²) >= 11 is 0. The summed E-state index contributed by atoms with van der Waals surface area (Å²) in [6, 6.07) is 3.76. The van der Waals surface area contributed by atoms with Crippen molar-refractivity contribution in [3.63, 3.8) is 0 Å². The fraction of sp³-hybridized carbons (Fsp3) is 0.391. The van der Waals surface area contributed by atoms with Gasteiger partial charge in [-0.1, -0.05) is 6.92 Å². The van der Waals surface area contributed by atoms with Gasteiger partial charge in [-0.15, -0.1) is 0 Å². The summed E-state index contributed by atoms with van der Waals surface area (Å²) in [7, 11) is 0. The third kappa shape index (κ3) is 5.11. The summed E-state index contributed by atoms with van der Waals surface area (Å²) in [6.45, 7) is 3.36. The highest BCUT2D eigenvalue weighted by Gasteiger charge is 2.38. The van der Waals surface area contributed by atoms with E-state index < -0.39 is 36.7 Å². The first kappa shape index (κ1) is 24.6. The van der Waals surface area contributed by atoms with Gasteiger partial charge in [-0.2, -0.15) is 4.39 Å². The lowest BCUT2D eigenvalue weighted by Gasteiger charge is -2.45. The van der Waals surface area contributed by atoms with Gasteiger partial charge in [0.25, 0.3) is 23.8 Å². The molecule has 2 unspecified atom stereocenters. The molecular weight excluding hydrogens is 470 g/mol. The van der Waals surface area contributed by atoms with Crippen LogP contribution in [-0.2, 0) is 13.0 Å². The van der Waals surface area contributed by atoms with Crippen LogP contribution in [0.25, 0.3) is 11.0 Å². The molecule has 1 fully saturated rings. The number of hydrogen-bond donors (Lipinski definition) is 2. The minimum absolute atomic E-state index is 0.0523. The second-order valence-corrected chi connectivity index (χ2v) is 8.25. The number of nitrogens with one attached hydrogen (secondary N) is 2. The lowest BCUT2D eigenvalue weighted by atomic mass is 9.99. The van der Waals surface area contributed by atoms with Gasteiger partial charge in [0, 0.05) is 36.5 Å². The van der Waals surface area contributed by atoms with Gasteiger partial charge < -0.3 is 15.0 Å². The first-order valence-corrected chi connectivity index (χ1v) is 11.0. The maximum Gasteiger partial charge on any atom is 0.270 e. The van der Waals surface area contributed by atoms with Crippen LogP contribution < -0.4 is 15.6 Å². The molecule has 0 aromatic carbocycles. The number of pyridine rings is 3. The first-order valence-electron chi connectivity index (χ1n) is 11.0. The smallest absolute Gasteiger partial charge is 0.270 e. The number of carbonyl (C=O) groups is 1. The van der Waals surface area contributed by atoms with Crippen molar-refractivity contribution in [1.29, 1.82) is 0 Å². The molecule has 0 aliphatic carbocycles. The largest absolute Gasteiger partial charge is 0.483 e. The van der Waals surface area contributed by atoms with Crippen LogP contribution in [0.3, 0.4) is 0 Å². The van der Waals surface area contributed by atoms with Gasteiger partial charge >= 0.3 is 0 Å². The second-order valence-electron chi connectivity index (χ2n) is 8.25. The van der Waals surface area contributed by atoms with Gasteiger partial charge in [0.2, 0.25) is 0 Å². The average Bonchev–Trinajstić information content (AvgIpc) is 2.83. The highest BCUT2D eigenvalue weighted by atomic mass is 19.3. The number of likely N-dealkylation sites (tertiary alicyclic amines) is 1. The van der Waals surface area contributed by atoms with Gasteiger partial charge in [-0.25, -0.2) is 18.2 Å². The zero-order valence-electron chi connectivity index (χ0n) is 18.9. The molecule has 1 aliphatic heterocycles. The zero-order valence-corrected chi connectivity index (χ0v) is 18.9. The Labute approximate surface area is 197 Å². The Morgan fingerprint density at radius 2 is 2.09 bits per heavy atom. The molecule has 8 nitrogen and oxygen atoms in total. The van der Waals surface area contributed by atoms with Crippen LogP contribution >= 0.6 is 0 Å². The summed E-state index contributed by atoms with van der Waals surface area (Å²) in [4.78, 5) is 36.0. The highest BCUT2D eigenvalue weighted by Crippen LogP contribution is 2.28. The van der Waals surface area contributed by atoms with Crippen LogP contribution in [0.1, 0.15) is 35.5 Å². The number of aromatic amines is 1. The quantitative estimate of drug-likeness (QED) is 0.370. The normalized spacial score (nSPS) is 18.0. The zero-order chi connectivity index (χ0) is 25.3. The number of nitrogens with zero attached hydrogens (tertiary/aromatic N) is 3. The third-order valence-electron chi connectivity index (χ3n) is 5.98. The molecule has 0 radical (unpaired) electrons. The predicted molar refractivity (Wildman–Crippen MR) is 119 cm³/mol. The van der Waals surface area contributed by atoms with Crippen LogP contribution in [0.15, 0.2) is 29.2 Å². The Balaban J connectivity index is 1.39. The van der Waals surface area contributed by atoms with Crippen molar-refractivity contribution in [2.75, 3.05) is 13.1 Å². The summed E-state index contributed by atoms with van der Waals surface area (Å²) in [6.07, 6.45) is -1.22. The van der Waals surface area contributed by atoms with Crippen molar-refractivity contribution in [3.8, 4) is 5.75 Å². The number of fused-ring (bicyclic) bond motifs is 1. The third-order valence-corrected chi connectivity index (χ3v) is 5.98. The maximum atomic E-state index is 15.0. The number of carbonyl (C=O) groups excluding carboxylic acids is 1. The number of aromatic nitrogens is 3. The van der Waals surface area contributed by atoms with E-state index in [0.29, 0.717) is 29.6 Å². The van der Waals surface area contributed by atoms with Crippen LogP contribution in [0.5, 0.6) is 5.75 Å². The summed E-state index contributed by atoms with van der Waals surface area (Å²) in [5.74, 6) is -2.70. The standard InChI is InChI=1S/C23H23F4N5O3/c1-3-12-6-15-20(31-22(12)33)19(26)13(7-28-15)9-32-10-17(11(32)2)35-16-5-4-14(30-21(16)27)23(34)29-8-18(24)25/h4-7,11,17-18H,3,8-10H2,1-2H3,(H,29,34)(H,31,33). The molecule has 186 valence electrons. The van der Waals surface area contributed by atoms with Crippen LogP contribution in [0.2, 0.25) is 0 Å². The van der Waals surface area contributed by atoms with E-state index in [1.807, 2.05) is 24.1 Å². The molecule has 0 bridgehead atoms. The Hall–Kier alpha value is -3.54. The molecule has 0 spiro atoms. The topological polar surface area (TPSA) is 100 Å². The number of alkyl halides is 2. The van der Waals surface area contributed by atoms with Crippen LogP contribution in [0, 0.1) is 11.8 Å². The van der Waals surface area contributed by atoms with Crippen molar-refractivity contribution in [2.45, 2.75) is 45.4 Å². The molecule has 0 saturated carbocycles. The van der Waals surface area contributed by atoms with E-state index in [0.717, 1.165) is 0 Å². The van der Waals surface area contributed by atoms with Gasteiger partial charge in [-0.3, -0.25) is 19.5 Å². The SMILES string of the molecule is CCc1cc2ncc(CN3CC(Oc4ccc(C(=O)NCC(F)F)nc4F)C3C)c(F)c2[nH]c1=O. The van der Waals surface area contributed by atoms with E-state index in [1.165, 1.54) is 18.3 Å². The molecule has 35 heavy (non-hydrogen) atoms. The molecule has 1 amide bonds. The molecule has 1 saturated heterocycles. The minimum Gasteiger partial charge on any atom is -0.483 e. The molecule has 1 aliphatic rings. The monoisotopic (exact) mass is 493 g/mol. The Morgan fingerprint density at radius 3 is 2.74 bits per heavy atom. The Kier molecular flexibility index (Phi) is 7.01. The predicted octanol–water partition coefficient (Wildman–Crippen LogP) is 2.81. The van der Waals surface area contributed by atoms with Crippen molar-refractivity contribution >= 4 is 16.9 Å². The Bertz CT molecular complexity index is 1320. The van der Waals surface area contributed by atoms with Crippen LogP contribution in [-0.4, -0.2) is 57.4 Å². The number of ether oxygens (including phenoxy) is 1. The second kappa shape index (κ2) is 9.98. The number of halogens is 4. The molecule has 4 heterocycles. The van der Waals surface area contributed by atoms with Gasteiger partial charge in [0.05, 0.1) is 12.1 Å². The van der Waals surface area contributed by atoms with Crippen molar-refractivity contribution < 1.29 is 27.1 Å². The molecule has 3 aromatic rings. The van der Waals surface area contributed by atoms with E-state index >= 15 is 4.39 Å². The number of hydrogen-bond acceptors (Lipinski definition) is 6. The molecule has 3 aromatic heterocycles. The van der Waals surface area contributed by atoms with E-state index in [2.05, 4.69) is 15.0 Å². The number of rotatable bonds is 8. The van der Waals surface area contributed by atoms with Crippen molar-refractivity contribution in [1.82, 2.24) is 25.2 Å². The summed E-state index contributed by atoms with van der Waals surface area (Å²) < 4.78 is 59.4. The minimum atomic E-state index is -2.73. The van der Waals surface area contributed by atoms with Crippen molar-refractivity contribution in [3.05, 3.63) is 63.3 Å². The van der Waals surface area contributed by atoms with E-state index in [9.17, 15) is 22.8 Å². The lowest BCUT2D eigenvalue weighted by molar-refractivity contribution is -0.0437. The highest BCUT2D eigenvalue weighted by molar-refractivity contribution is 5.92. The average molecular weight is 493 g/mol. The lowest BCUT2D eigenvalue weighted by Crippen LogP contribution is -2.60. The fourth-order valence-electron chi connectivity index (χ4n) is 3.84. The number of H-pyrrole nitrogens is 1. The van der Waals surface area contributed by atoms with Gasteiger partial charge in [0.15, 0.2) is 11.6 Å². The molecule has 2 atom stereocenters. The van der Waals surface area contributed by atoms with E-state index in [-0.39, 0.29) is 35.1 Å². The summed E-state index contributed by atoms with van der Waals surface area (Å²) in [5, 5.41) is 1.95. The fourth-order valence-corrected chi connectivity index (χ4v) is 3.84. The van der Waals surface area contributed by atoms with E-state index in [1.54, 1.807) is 6.07 Å². The van der Waals surface area contributed by atoms with Crippen LogP contribution in [0.4, 0.5) is 17.6 Å². The summed E-state index contributed by atoms with van der Waals surface area (Å²) in [5.41, 5.74) is 0.553. The Morgan fingerprint density at radius 1 is 1.31 bits per heavy atom. The van der Waals surface area contributed by atoms with Crippen molar-refractivity contribution in [2.24, 2.45) is 0 Å². The molecule has 2 N–H and O–H groups in total. The number of aryl methyl sites for hydroxylation is 1. The van der Waals surface area contributed by atoms with Gasteiger partial charge in [-0.05, 0) is 31.5 Å². The molecule has 12 heteroatoms. The molecule has 4 rings (SSSR count). The first-order chi connectivity index (χ1) is 16.7. The number of amides is 1.